The van der Waals surface area contributed by atoms with E-state index in [1.54, 1.807) is 24.3 Å². The van der Waals surface area contributed by atoms with Crippen LogP contribution in [0.2, 0.25) is 0 Å². The maximum Gasteiger partial charge on any atom is 0.272 e. The molecule has 0 spiro atoms. The van der Waals surface area contributed by atoms with Crippen LogP contribution in [0.5, 0.6) is 5.75 Å². The molecule has 0 fully saturated rings. The molecular weight excluding hydrogens is 307 g/mol. The lowest BCUT2D eigenvalue weighted by Gasteiger charge is -2.12. The fourth-order valence-electron chi connectivity index (χ4n) is 2.02. The Hall–Kier alpha value is -2.05. The molecule has 6 heteroatoms. The highest BCUT2D eigenvalue weighted by atomic mass is 19.3. The topological polar surface area (TPSA) is 41.5 Å². The Balaban J connectivity index is 1.76. The third-order valence-electron chi connectivity index (χ3n) is 3.22. The molecule has 0 aromatic heterocycles. The van der Waals surface area contributed by atoms with Gasteiger partial charge < -0.3 is 15.2 Å². The first-order valence-corrected chi connectivity index (χ1v) is 7.18. The second-order valence-electron chi connectivity index (χ2n) is 5.04. The molecule has 23 heavy (non-hydrogen) atoms. The highest BCUT2D eigenvalue weighted by Gasteiger charge is 2.07. The molecule has 0 aliphatic carbocycles. The Morgan fingerprint density at radius 2 is 1.65 bits per heavy atom. The summed E-state index contributed by atoms with van der Waals surface area (Å²) in [5.74, 6) is 0.0449. The lowest BCUT2D eigenvalue weighted by Crippen LogP contribution is -2.21. The zero-order valence-corrected chi connectivity index (χ0v) is 12.4. The quantitative estimate of drug-likeness (QED) is 0.782. The van der Waals surface area contributed by atoms with E-state index in [9.17, 15) is 18.3 Å². The molecule has 0 aliphatic heterocycles. The predicted octanol–water partition coefficient (Wildman–Crippen LogP) is 3.29. The number of hydrogen-bond acceptors (Lipinski definition) is 3. The summed E-state index contributed by atoms with van der Waals surface area (Å²) in [5.41, 5.74) is 1.57. The molecule has 0 bridgehead atoms. The van der Waals surface area contributed by atoms with Crippen LogP contribution in [0.15, 0.2) is 48.5 Å². The first-order valence-electron chi connectivity index (χ1n) is 7.18. The molecule has 2 N–H and O–H groups in total. The van der Waals surface area contributed by atoms with Crippen LogP contribution in [-0.4, -0.2) is 24.7 Å². The largest absolute Gasteiger partial charge is 0.488 e. The highest BCUT2D eigenvalue weighted by Crippen LogP contribution is 2.14. The first-order chi connectivity index (χ1) is 11.0. The summed E-state index contributed by atoms with van der Waals surface area (Å²) in [6.07, 6.45) is -3.23. The van der Waals surface area contributed by atoms with Gasteiger partial charge in [0, 0.05) is 13.1 Å². The van der Waals surface area contributed by atoms with Crippen LogP contribution >= 0.6 is 0 Å². The van der Waals surface area contributed by atoms with Crippen molar-refractivity contribution >= 4 is 0 Å². The summed E-state index contributed by atoms with van der Waals surface area (Å²) in [7, 11) is 0. The molecule has 0 saturated heterocycles. The molecule has 0 saturated carbocycles. The van der Waals surface area contributed by atoms with Gasteiger partial charge in [-0.2, -0.15) is 0 Å². The number of aliphatic hydroxyl groups is 1. The van der Waals surface area contributed by atoms with Crippen molar-refractivity contribution < 1.29 is 23.0 Å². The number of halogens is 3. The first kappa shape index (κ1) is 17.3. The molecule has 1 unspecified atom stereocenters. The molecule has 2 aromatic carbocycles. The van der Waals surface area contributed by atoms with Gasteiger partial charge in [-0.1, -0.05) is 24.3 Å². The van der Waals surface area contributed by atoms with Crippen molar-refractivity contribution in [2.45, 2.75) is 19.1 Å². The zero-order valence-electron chi connectivity index (χ0n) is 12.4. The van der Waals surface area contributed by atoms with E-state index < -0.39 is 19.1 Å². The maximum atomic E-state index is 12.8. The summed E-state index contributed by atoms with van der Waals surface area (Å²) in [6.45, 7) is 0.199. The summed E-state index contributed by atoms with van der Waals surface area (Å²) < 4.78 is 41.7. The lowest BCUT2D eigenvalue weighted by molar-refractivity contribution is 0.0819. The Kier molecular flexibility index (Phi) is 6.43. The standard InChI is InChI=1S/C17H18F3NO2/c18-14-5-3-13(4-6-14)16(22)10-21-9-12-1-7-15(8-2-12)23-11-17(19)20/h1-8,16-17,21-22H,9-11H2. The number of alkyl halides is 2. The number of aliphatic hydroxyl groups excluding tert-OH is 1. The van der Waals surface area contributed by atoms with E-state index in [4.69, 9.17) is 4.74 Å². The second kappa shape index (κ2) is 8.55. The van der Waals surface area contributed by atoms with E-state index >= 15 is 0 Å². The van der Waals surface area contributed by atoms with Gasteiger partial charge in [-0.05, 0) is 35.4 Å². The number of benzene rings is 2. The number of ether oxygens (including phenoxy) is 1. The molecule has 124 valence electrons. The summed E-state index contributed by atoms with van der Waals surface area (Å²) in [6, 6.07) is 12.4. The maximum absolute atomic E-state index is 12.8. The van der Waals surface area contributed by atoms with Crippen LogP contribution in [0.3, 0.4) is 0 Å². The molecule has 0 amide bonds. The molecule has 1 atom stereocenters. The lowest BCUT2D eigenvalue weighted by atomic mass is 10.1. The third kappa shape index (κ3) is 5.92. The SMILES string of the molecule is OC(CNCc1ccc(OCC(F)F)cc1)c1ccc(F)cc1. The van der Waals surface area contributed by atoms with Gasteiger partial charge in [0.2, 0.25) is 0 Å². The van der Waals surface area contributed by atoms with Crippen LogP contribution in [-0.2, 0) is 6.54 Å². The van der Waals surface area contributed by atoms with Crippen molar-refractivity contribution in [2.75, 3.05) is 13.2 Å². The summed E-state index contributed by atoms with van der Waals surface area (Å²) >= 11 is 0. The second-order valence-corrected chi connectivity index (χ2v) is 5.04. The van der Waals surface area contributed by atoms with E-state index in [1.807, 2.05) is 0 Å². The normalized spacial score (nSPS) is 12.4. The number of nitrogens with one attached hydrogen (secondary N) is 1. The molecular formula is C17H18F3NO2. The Labute approximate surface area is 132 Å². The van der Waals surface area contributed by atoms with Crippen LogP contribution in [0.1, 0.15) is 17.2 Å². The third-order valence-corrected chi connectivity index (χ3v) is 3.22. The highest BCUT2D eigenvalue weighted by molar-refractivity contribution is 5.27. The van der Waals surface area contributed by atoms with Crippen molar-refractivity contribution in [1.29, 1.82) is 0 Å². The zero-order chi connectivity index (χ0) is 16.7. The van der Waals surface area contributed by atoms with Crippen molar-refractivity contribution in [3.8, 4) is 5.75 Å². The minimum absolute atomic E-state index is 0.315. The molecule has 2 rings (SSSR count). The Morgan fingerprint density at radius 1 is 1.00 bits per heavy atom. The van der Waals surface area contributed by atoms with Crippen LogP contribution < -0.4 is 10.1 Å². The van der Waals surface area contributed by atoms with Crippen molar-refractivity contribution in [1.82, 2.24) is 5.32 Å². The van der Waals surface area contributed by atoms with Gasteiger partial charge in [0.25, 0.3) is 6.43 Å². The van der Waals surface area contributed by atoms with E-state index in [2.05, 4.69) is 5.32 Å². The van der Waals surface area contributed by atoms with Gasteiger partial charge in [-0.15, -0.1) is 0 Å². The van der Waals surface area contributed by atoms with Crippen molar-refractivity contribution in [3.63, 3.8) is 0 Å². The van der Waals surface area contributed by atoms with Crippen molar-refractivity contribution in [3.05, 3.63) is 65.5 Å². The monoisotopic (exact) mass is 325 g/mol. The van der Waals surface area contributed by atoms with Gasteiger partial charge in [-0.3, -0.25) is 0 Å². The van der Waals surface area contributed by atoms with Gasteiger partial charge in [0.1, 0.15) is 18.2 Å². The Bertz CT molecular complexity index is 588. The average Bonchev–Trinajstić information content (AvgIpc) is 2.54. The van der Waals surface area contributed by atoms with Gasteiger partial charge in [0.15, 0.2) is 0 Å². The fraction of sp³-hybridized carbons (Fsp3) is 0.294. The van der Waals surface area contributed by atoms with E-state index in [0.717, 1.165) is 5.56 Å². The smallest absolute Gasteiger partial charge is 0.272 e. The Morgan fingerprint density at radius 3 is 2.26 bits per heavy atom. The van der Waals surface area contributed by atoms with E-state index in [1.165, 1.54) is 24.3 Å². The van der Waals surface area contributed by atoms with E-state index in [0.29, 0.717) is 24.4 Å². The van der Waals surface area contributed by atoms with Crippen LogP contribution in [0, 0.1) is 5.82 Å². The molecule has 0 radical (unpaired) electrons. The molecule has 3 nitrogen and oxygen atoms in total. The minimum atomic E-state index is -2.50. The van der Waals surface area contributed by atoms with Crippen LogP contribution in [0.25, 0.3) is 0 Å². The summed E-state index contributed by atoms with van der Waals surface area (Å²) in [4.78, 5) is 0. The van der Waals surface area contributed by atoms with E-state index in [-0.39, 0.29) is 5.82 Å². The molecule has 2 aromatic rings. The van der Waals surface area contributed by atoms with Gasteiger partial charge >= 0.3 is 0 Å². The molecule has 0 aliphatic rings. The van der Waals surface area contributed by atoms with Gasteiger partial charge in [-0.25, -0.2) is 13.2 Å². The number of rotatable bonds is 8. The van der Waals surface area contributed by atoms with Crippen molar-refractivity contribution in [2.24, 2.45) is 0 Å². The minimum Gasteiger partial charge on any atom is -0.488 e. The summed E-state index contributed by atoms with van der Waals surface area (Å²) in [5, 5.41) is 13.1. The number of hydrogen-bond donors (Lipinski definition) is 2. The van der Waals surface area contributed by atoms with Crippen LogP contribution in [0.4, 0.5) is 13.2 Å². The molecule has 0 heterocycles. The predicted molar refractivity (Wildman–Crippen MR) is 81.0 cm³/mol. The van der Waals surface area contributed by atoms with Gasteiger partial charge in [0.05, 0.1) is 6.10 Å². The fourth-order valence-corrected chi connectivity index (χ4v) is 2.02. The average molecular weight is 325 g/mol.